The molecule has 0 fully saturated rings. The number of carboxylic acids is 2. The van der Waals surface area contributed by atoms with Crippen LogP contribution >= 0.6 is 0 Å². The highest BCUT2D eigenvalue weighted by Gasteiger charge is 2.22. The lowest BCUT2D eigenvalue weighted by molar-refractivity contribution is -0.136. The highest BCUT2D eigenvalue weighted by Crippen LogP contribution is 2.22. The molecule has 0 radical (unpaired) electrons. The average Bonchev–Trinajstić information content (AvgIpc) is 2.22. The second-order valence-corrected chi connectivity index (χ2v) is 3.39. The van der Waals surface area contributed by atoms with Crippen molar-refractivity contribution in [1.29, 1.82) is 0 Å². The minimum Gasteiger partial charge on any atom is -0.478 e. The molecule has 0 amide bonds. The van der Waals surface area contributed by atoms with Crippen LogP contribution in [0.3, 0.4) is 0 Å². The van der Waals surface area contributed by atoms with Crippen LogP contribution in [0.2, 0.25) is 0 Å². The largest absolute Gasteiger partial charge is 0.478 e. The fourth-order valence-electron chi connectivity index (χ4n) is 1.61. The first-order valence-corrected chi connectivity index (χ1v) is 5.34. The lowest BCUT2D eigenvalue weighted by Gasteiger charge is -2.10. The van der Waals surface area contributed by atoms with Gasteiger partial charge < -0.3 is 10.2 Å². The van der Waals surface area contributed by atoms with E-state index in [4.69, 9.17) is 10.2 Å². The summed E-state index contributed by atoms with van der Waals surface area (Å²) in [4.78, 5) is 22.1. The van der Waals surface area contributed by atoms with E-state index in [0.29, 0.717) is 18.4 Å². The molecule has 0 aliphatic rings. The number of allylic oxidation sites excluding steroid dienone is 2. The predicted octanol–water partition coefficient (Wildman–Crippen LogP) is 2.61. The Morgan fingerprint density at radius 3 is 1.94 bits per heavy atom. The fourth-order valence-corrected chi connectivity index (χ4v) is 1.61. The summed E-state index contributed by atoms with van der Waals surface area (Å²) in [6.45, 7) is 5.31. The second-order valence-electron chi connectivity index (χ2n) is 3.39. The van der Waals surface area contributed by atoms with E-state index in [-0.39, 0.29) is 11.1 Å². The summed E-state index contributed by atoms with van der Waals surface area (Å²) in [5.41, 5.74) is 0.502. The van der Waals surface area contributed by atoms with Crippen molar-refractivity contribution in [2.75, 3.05) is 0 Å². The Labute approximate surface area is 95.3 Å². The van der Waals surface area contributed by atoms with Crippen LogP contribution in [-0.2, 0) is 9.59 Å². The van der Waals surface area contributed by atoms with Gasteiger partial charge >= 0.3 is 11.9 Å². The van der Waals surface area contributed by atoms with Crippen LogP contribution < -0.4 is 0 Å². The third kappa shape index (κ3) is 3.53. The highest BCUT2D eigenvalue weighted by atomic mass is 16.4. The molecule has 0 aliphatic carbocycles. The van der Waals surface area contributed by atoms with Gasteiger partial charge in [0.25, 0.3) is 0 Å². The van der Waals surface area contributed by atoms with E-state index in [1.165, 1.54) is 13.0 Å². The first-order chi connectivity index (χ1) is 7.49. The van der Waals surface area contributed by atoms with Gasteiger partial charge in [-0.25, -0.2) is 9.59 Å². The lowest BCUT2D eigenvalue weighted by atomic mass is 9.95. The van der Waals surface area contributed by atoms with Gasteiger partial charge in [-0.15, -0.1) is 0 Å². The average molecular weight is 226 g/mol. The Morgan fingerprint density at radius 2 is 1.69 bits per heavy atom. The molecule has 0 saturated heterocycles. The Hall–Kier alpha value is -1.58. The molecule has 4 heteroatoms. The van der Waals surface area contributed by atoms with Crippen LogP contribution in [-0.4, -0.2) is 22.2 Å². The highest BCUT2D eigenvalue weighted by molar-refractivity contribution is 6.06. The summed E-state index contributed by atoms with van der Waals surface area (Å²) in [5, 5.41) is 18.0. The van der Waals surface area contributed by atoms with Gasteiger partial charge in [0.15, 0.2) is 0 Å². The molecule has 0 spiro atoms. The van der Waals surface area contributed by atoms with Crippen molar-refractivity contribution in [3.63, 3.8) is 0 Å². The molecule has 0 aromatic rings. The Morgan fingerprint density at radius 1 is 1.12 bits per heavy atom. The molecule has 0 bridgehead atoms. The van der Waals surface area contributed by atoms with Crippen LogP contribution in [0.1, 0.15) is 40.0 Å². The zero-order chi connectivity index (χ0) is 12.7. The van der Waals surface area contributed by atoms with Crippen molar-refractivity contribution < 1.29 is 19.8 Å². The molecule has 0 rings (SSSR count). The van der Waals surface area contributed by atoms with E-state index < -0.39 is 11.9 Å². The zero-order valence-electron chi connectivity index (χ0n) is 9.91. The first-order valence-electron chi connectivity index (χ1n) is 5.34. The maximum absolute atomic E-state index is 11.1. The number of hydrogen-bond acceptors (Lipinski definition) is 2. The summed E-state index contributed by atoms with van der Waals surface area (Å²) < 4.78 is 0. The summed E-state index contributed by atoms with van der Waals surface area (Å²) in [6, 6.07) is 0. The van der Waals surface area contributed by atoms with E-state index in [2.05, 4.69) is 0 Å². The molecule has 90 valence electrons. The molecule has 0 unspecified atom stereocenters. The molecular formula is C12H18O4. The lowest BCUT2D eigenvalue weighted by Crippen LogP contribution is -2.13. The Balaban J connectivity index is 5.60. The predicted molar refractivity (Wildman–Crippen MR) is 61.3 cm³/mol. The maximum atomic E-state index is 11.1. The summed E-state index contributed by atoms with van der Waals surface area (Å²) in [6.07, 6.45) is 3.30. The number of rotatable bonds is 6. The van der Waals surface area contributed by atoms with E-state index in [0.717, 1.165) is 6.42 Å². The second kappa shape index (κ2) is 6.82. The quantitative estimate of drug-likeness (QED) is 0.539. The van der Waals surface area contributed by atoms with E-state index in [9.17, 15) is 9.59 Å². The molecule has 0 aromatic heterocycles. The number of hydrogen-bond donors (Lipinski definition) is 2. The third-order valence-corrected chi connectivity index (χ3v) is 2.33. The summed E-state index contributed by atoms with van der Waals surface area (Å²) in [5.74, 6) is -2.36. The van der Waals surface area contributed by atoms with Crippen molar-refractivity contribution in [2.24, 2.45) is 0 Å². The normalized spacial score (nSPS) is 13.3. The van der Waals surface area contributed by atoms with Crippen molar-refractivity contribution in [2.45, 2.75) is 40.0 Å². The number of carbonyl (C=O) groups is 2. The van der Waals surface area contributed by atoms with Gasteiger partial charge in [-0.3, -0.25) is 0 Å². The summed E-state index contributed by atoms with van der Waals surface area (Å²) >= 11 is 0. The molecular weight excluding hydrogens is 208 g/mol. The van der Waals surface area contributed by atoms with Gasteiger partial charge in [0, 0.05) is 0 Å². The molecule has 0 aromatic carbocycles. The van der Waals surface area contributed by atoms with Gasteiger partial charge in [0.1, 0.15) is 0 Å². The maximum Gasteiger partial charge on any atom is 0.336 e. The van der Waals surface area contributed by atoms with Gasteiger partial charge in [0.2, 0.25) is 0 Å². The Kier molecular flexibility index (Phi) is 6.15. The van der Waals surface area contributed by atoms with Gasteiger partial charge in [-0.1, -0.05) is 31.9 Å². The topological polar surface area (TPSA) is 74.6 Å². The minimum atomic E-state index is -1.19. The van der Waals surface area contributed by atoms with Gasteiger partial charge in [0.05, 0.1) is 11.1 Å². The molecule has 0 saturated carbocycles. The van der Waals surface area contributed by atoms with Crippen LogP contribution in [0.5, 0.6) is 0 Å². The van der Waals surface area contributed by atoms with Crippen LogP contribution in [0.15, 0.2) is 22.8 Å². The van der Waals surface area contributed by atoms with Crippen LogP contribution in [0.25, 0.3) is 0 Å². The molecule has 2 N–H and O–H groups in total. The molecule has 4 nitrogen and oxygen atoms in total. The van der Waals surface area contributed by atoms with E-state index >= 15 is 0 Å². The van der Waals surface area contributed by atoms with Crippen molar-refractivity contribution in [1.82, 2.24) is 0 Å². The molecule has 0 atom stereocenters. The smallest absolute Gasteiger partial charge is 0.336 e. The first kappa shape index (κ1) is 14.4. The minimum absolute atomic E-state index is 0.0562. The zero-order valence-corrected chi connectivity index (χ0v) is 9.91. The number of aliphatic carboxylic acids is 2. The monoisotopic (exact) mass is 226 g/mol. The molecule has 0 heterocycles. The van der Waals surface area contributed by atoms with Crippen molar-refractivity contribution in [3.05, 3.63) is 22.8 Å². The number of carboxylic acid groups (broad SMARTS) is 2. The van der Waals surface area contributed by atoms with E-state index in [1.54, 1.807) is 0 Å². The standard InChI is InChI=1S/C12H18O4/c1-4-7-8(5-2)10(12(15)16)9(6-3)11(13)14/h6H,4-5,7H2,1-3H3,(H,13,14)(H,15,16). The summed E-state index contributed by atoms with van der Waals surface area (Å²) in [7, 11) is 0. The van der Waals surface area contributed by atoms with Gasteiger partial charge in [-0.2, -0.15) is 0 Å². The fraction of sp³-hybridized carbons (Fsp3) is 0.500. The Bertz CT molecular complexity index is 337. The van der Waals surface area contributed by atoms with Crippen molar-refractivity contribution >= 4 is 11.9 Å². The SMILES string of the molecule is CC=C(C(=O)O)C(C(=O)O)=C(CC)CCC. The van der Waals surface area contributed by atoms with Gasteiger partial charge in [-0.05, 0) is 19.8 Å². The van der Waals surface area contributed by atoms with Crippen LogP contribution in [0, 0.1) is 0 Å². The molecule has 16 heavy (non-hydrogen) atoms. The van der Waals surface area contributed by atoms with Crippen LogP contribution in [0.4, 0.5) is 0 Å². The van der Waals surface area contributed by atoms with Crippen molar-refractivity contribution in [3.8, 4) is 0 Å². The third-order valence-electron chi connectivity index (χ3n) is 2.33. The molecule has 0 aliphatic heterocycles. The van der Waals surface area contributed by atoms with E-state index in [1.807, 2.05) is 13.8 Å².